The number of methoxy groups -OCH3 is 1. The van der Waals surface area contributed by atoms with E-state index in [4.69, 9.17) is 4.74 Å². The molecule has 0 radical (unpaired) electrons. The van der Waals surface area contributed by atoms with E-state index in [0.717, 1.165) is 0 Å². The van der Waals surface area contributed by atoms with Crippen LogP contribution in [0.15, 0.2) is 23.0 Å². The van der Waals surface area contributed by atoms with Crippen LogP contribution in [0.4, 0.5) is 8.78 Å². The van der Waals surface area contributed by atoms with E-state index in [0.29, 0.717) is 10.9 Å². The average Bonchev–Trinajstić information content (AvgIpc) is 2.42. The Hall–Kier alpha value is -2.44. The van der Waals surface area contributed by atoms with E-state index in [9.17, 15) is 23.5 Å². The van der Waals surface area contributed by atoms with E-state index in [1.165, 1.54) is 19.2 Å². The van der Waals surface area contributed by atoms with Gasteiger partial charge >= 0.3 is 5.97 Å². The van der Waals surface area contributed by atoms with Crippen molar-refractivity contribution in [3.63, 3.8) is 0 Å². The Labute approximate surface area is 118 Å². The van der Waals surface area contributed by atoms with Crippen molar-refractivity contribution in [1.29, 1.82) is 0 Å². The molecule has 1 heterocycles. The summed E-state index contributed by atoms with van der Waals surface area (Å²) in [5.41, 5.74) is -0.258. The summed E-state index contributed by atoms with van der Waals surface area (Å²) in [6, 6.07) is 4.20. The second kappa shape index (κ2) is 5.90. The number of fused-ring (bicyclic) bond motifs is 1. The Morgan fingerprint density at radius 2 is 2.14 bits per heavy atom. The number of alkyl halides is 2. The summed E-state index contributed by atoms with van der Waals surface area (Å²) >= 11 is 0. The molecule has 1 aromatic carbocycles. The number of carboxylic acid groups (broad SMARTS) is 1. The monoisotopic (exact) mass is 297 g/mol. The third-order valence-corrected chi connectivity index (χ3v) is 3.13. The number of rotatable bonds is 5. The number of carboxylic acids is 1. The van der Waals surface area contributed by atoms with E-state index >= 15 is 0 Å². The summed E-state index contributed by atoms with van der Waals surface area (Å²) in [5.74, 6) is -1.17. The van der Waals surface area contributed by atoms with Gasteiger partial charge in [-0.05, 0) is 24.1 Å². The number of carbonyl (C=O) groups is 1. The topological polar surface area (TPSA) is 79.4 Å². The number of aromatic nitrogens is 1. The molecule has 1 aromatic heterocycles. The molecular formula is C14H13F2NO4. The fraction of sp³-hybridized carbons (Fsp3) is 0.286. The van der Waals surface area contributed by atoms with Gasteiger partial charge in [-0.1, -0.05) is 0 Å². The number of nitrogens with one attached hydrogen (secondary N) is 1. The molecule has 0 atom stereocenters. The molecule has 0 aliphatic rings. The fourth-order valence-electron chi connectivity index (χ4n) is 2.23. The van der Waals surface area contributed by atoms with Crippen molar-refractivity contribution in [1.82, 2.24) is 4.98 Å². The molecular weight excluding hydrogens is 284 g/mol. The minimum atomic E-state index is -2.49. The summed E-state index contributed by atoms with van der Waals surface area (Å²) in [7, 11) is 1.31. The van der Waals surface area contributed by atoms with Gasteiger partial charge in [-0.25, -0.2) is 13.6 Å². The molecule has 5 nitrogen and oxygen atoms in total. The Morgan fingerprint density at radius 3 is 2.71 bits per heavy atom. The predicted molar refractivity (Wildman–Crippen MR) is 72.4 cm³/mol. The molecule has 2 N–H and O–H groups in total. The molecule has 0 bridgehead atoms. The van der Waals surface area contributed by atoms with Crippen molar-refractivity contribution < 1.29 is 23.4 Å². The molecule has 2 aromatic rings. The maximum atomic E-state index is 12.3. The third-order valence-electron chi connectivity index (χ3n) is 3.13. The molecule has 0 spiro atoms. The first-order valence-corrected chi connectivity index (χ1v) is 6.18. The van der Waals surface area contributed by atoms with Crippen molar-refractivity contribution in [2.45, 2.75) is 19.3 Å². The van der Waals surface area contributed by atoms with Gasteiger partial charge in [-0.2, -0.15) is 0 Å². The minimum Gasteiger partial charge on any atom is -0.496 e. The van der Waals surface area contributed by atoms with Gasteiger partial charge in [0.2, 0.25) is 12.0 Å². The van der Waals surface area contributed by atoms with Crippen LogP contribution in [0, 0.1) is 0 Å². The first-order valence-electron chi connectivity index (χ1n) is 6.18. The lowest BCUT2D eigenvalue weighted by molar-refractivity contribution is 0.0695. The van der Waals surface area contributed by atoms with Crippen molar-refractivity contribution in [3.05, 3.63) is 39.7 Å². The van der Waals surface area contributed by atoms with Crippen LogP contribution in [-0.2, 0) is 6.42 Å². The van der Waals surface area contributed by atoms with Crippen LogP contribution in [-0.4, -0.2) is 29.6 Å². The number of benzene rings is 1. The standard InChI is InChI=1S/C14H13F2NO4/c1-21-9-4-3-8-7(2-5-10(15)16)6-11(18)17-13(8)12(9)14(19)20/h3-4,6,10H,2,5H2,1H3,(H,17,18)(H,19,20). The van der Waals surface area contributed by atoms with Crippen LogP contribution in [0.3, 0.4) is 0 Å². The SMILES string of the molecule is COc1ccc2c(CCC(F)F)cc(=O)[nH]c2c1C(=O)O. The van der Waals surface area contributed by atoms with Crippen LogP contribution in [0.5, 0.6) is 5.75 Å². The predicted octanol–water partition coefficient (Wildman–Crippen LogP) is 2.43. The first kappa shape index (κ1) is 15.0. The Morgan fingerprint density at radius 1 is 1.43 bits per heavy atom. The Bertz CT molecular complexity index is 740. The molecule has 21 heavy (non-hydrogen) atoms. The molecule has 0 aliphatic heterocycles. The van der Waals surface area contributed by atoms with Crippen molar-refractivity contribution in [2.75, 3.05) is 7.11 Å². The highest BCUT2D eigenvalue weighted by Crippen LogP contribution is 2.28. The van der Waals surface area contributed by atoms with Gasteiger partial charge in [0.05, 0.1) is 12.6 Å². The molecule has 0 saturated carbocycles. The lowest BCUT2D eigenvalue weighted by Gasteiger charge is -2.11. The van der Waals surface area contributed by atoms with Crippen molar-refractivity contribution in [3.8, 4) is 5.75 Å². The fourth-order valence-corrected chi connectivity index (χ4v) is 2.23. The average molecular weight is 297 g/mol. The largest absolute Gasteiger partial charge is 0.496 e. The zero-order valence-corrected chi connectivity index (χ0v) is 11.2. The van der Waals surface area contributed by atoms with E-state index in [2.05, 4.69) is 4.98 Å². The van der Waals surface area contributed by atoms with Crippen LogP contribution >= 0.6 is 0 Å². The number of hydrogen-bond acceptors (Lipinski definition) is 3. The molecule has 0 saturated heterocycles. The van der Waals surface area contributed by atoms with E-state index < -0.39 is 24.4 Å². The number of hydrogen-bond donors (Lipinski definition) is 2. The number of ether oxygens (including phenoxy) is 1. The van der Waals surface area contributed by atoms with Gasteiger partial charge in [-0.3, -0.25) is 4.79 Å². The van der Waals surface area contributed by atoms with E-state index in [1.54, 1.807) is 6.07 Å². The van der Waals surface area contributed by atoms with Crippen molar-refractivity contribution >= 4 is 16.9 Å². The molecule has 0 unspecified atom stereocenters. The zero-order chi connectivity index (χ0) is 15.6. The van der Waals surface area contributed by atoms with Gasteiger partial charge < -0.3 is 14.8 Å². The lowest BCUT2D eigenvalue weighted by Crippen LogP contribution is -2.11. The van der Waals surface area contributed by atoms with Crippen LogP contribution in [0.2, 0.25) is 0 Å². The minimum absolute atomic E-state index is 0.0104. The highest BCUT2D eigenvalue weighted by atomic mass is 19.3. The Balaban J connectivity index is 2.71. The van der Waals surface area contributed by atoms with Gasteiger partial charge in [0, 0.05) is 17.9 Å². The second-order valence-electron chi connectivity index (χ2n) is 4.46. The molecule has 0 aliphatic carbocycles. The maximum absolute atomic E-state index is 12.3. The smallest absolute Gasteiger partial charge is 0.341 e. The number of aryl methyl sites for hydroxylation is 1. The number of H-pyrrole nitrogens is 1. The normalized spacial score (nSPS) is 11.0. The molecule has 0 fully saturated rings. The van der Waals surface area contributed by atoms with Gasteiger partial charge in [0.1, 0.15) is 11.3 Å². The summed E-state index contributed by atoms with van der Waals surface area (Å²) < 4.78 is 29.7. The number of aromatic amines is 1. The van der Waals surface area contributed by atoms with Gasteiger partial charge in [-0.15, -0.1) is 0 Å². The highest BCUT2D eigenvalue weighted by molar-refractivity contribution is 6.05. The van der Waals surface area contributed by atoms with E-state index in [-0.39, 0.29) is 23.3 Å². The molecule has 2 rings (SSSR count). The first-order chi connectivity index (χ1) is 9.93. The molecule has 112 valence electrons. The number of halogens is 2. The lowest BCUT2D eigenvalue weighted by atomic mass is 10.0. The van der Waals surface area contributed by atoms with Crippen molar-refractivity contribution in [2.24, 2.45) is 0 Å². The van der Waals surface area contributed by atoms with Crippen LogP contribution in [0.1, 0.15) is 22.3 Å². The summed E-state index contributed by atoms with van der Waals surface area (Å²) in [6.07, 6.45) is -2.90. The second-order valence-corrected chi connectivity index (χ2v) is 4.46. The third kappa shape index (κ3) is 3.01. The molecule has 7 heteroatoms. The number of pyridine rings is 1. The highest BCUT2D eigenvalue weighted by Gasteiger charge is 2.18. The van der Waals surface area contributed by atoms with Crippen LogP contribution in [0.25, 0.3) is 10.9 Å². The van der Waals surface area contributed by atoms with Gasteiger partial charge in [0.15, 0.2) is 0 Å². The summed E-state index contributed by atoms with van der Waals surface area (Å²) in [5, 5.41) is 9.70. The molecule has 0 amide bonds. The Kier molecular flexibility index (Phi) is 4.21. The summed E-state index contributed by atoms with van der Waals surface area (Å²) in [6.45, 7) is 0. The van der Waals surface area contributed by atoms with Crippen LogP contribution < -0.4 is 10.3 Å². The maximum Gasteiger partial charge on any atom is 0.341 e. The zero-order valence-electron chi connectivity index (χ0n) is 11.2. The quantitative estimate of drug-likeness (QED) is 0.888. The summed E-state index contributed by atoms with van der Waals surface area (Å²) in [4.78, 5) is 25.4. The number of aromatic carboxylic acids is 1. The van der Waals surface area contributed by atoms with Gasteiger partial charge in [0.25, 0.3) is 0 Å². The van der Waals surface area contributed by atoms with E-state index in [1.807, 2.05) is 0 Å².